The number of methoxy groups -OCH3 is 1. The number of carbonyl (C=O) groups is 2. The molecular weight excluding hydrogens is 408 g/mol. The van der Waals surface area contributed by atoms with Crippen molar-refractivity contribution < 1.29 is 14.3 Å². The molecule has 0 aromatic carbocycles. The van der Waals surface area contributed by atoms with Crippen molar-refractivity contribution in [2.45, 2.75) is 86.5 Å². The summed E-state index contributed by atoms with van der Waals surface area (Å²) in [5, 5.41) is 0. The minimum Gasteiger partial charge on any atom is -0.469 e. The van der Waals surface area contributed by atoms with Gasteiger partial charge in [-0.05, 0) is 110 Å². The van der Waals surface area contributed by atoms with Crippen LogP contribution in [0.5, 0.6) is 0 Å². The predicted octanol–water partition coefficient (Wildman–Crippen LogP) is 6.90. The Labute approximate surface area is 199 Å². The zero-order chi connectivity index (χ0) is 24.0. The maximum absolute atomic E-state index is 12.8. The first-order chi connectivity index (χ1) is 15.3. The van der Waals surface area contributed by atoms with Gasteiger partial charge in [-0.15, -0.1) is 0 Å². The van der Waals surface area contributed by atoms with Crippen LogP contribution in [0.1, 0.15) is 86.5 Å². The van der Waals surface area contributed by atoms with E-state index in [4.69, 9.17) is 4.74 Å². The summed E-state index contributed by atoms with van der Waals surface area (Å²) in [6.45, 7) is 14.1. The van der Waals surface area contributed by atoms with Crippen molar-refractivity contribution in [2.75, 3.05) is 7.11 Å². The third-order valence-electron chi connectivity index (χ3n) is 11.4. The fraction of sp³-hybridized carbons (Fsp3) is 0.667. The number of hydrogen-bond acceptors (Lipinski definition) is 3. The Hall–Kier alpha value is -1.90. The molecule has 0 bridgehead atoms. The van der Waals surface area contributed by atoms with E-state index < -0.39 is 5.41 Å². The van der Waals surface area contributed by atoms with Gasteiger partial charge in [-0.3, -0.25) is 9.59 Å². The van der Waals surface area contributed by atoms with Crippen molar-refractivity contribution in [3.05, 3.63) is 46.6 Å². The van der Waals surface area contributed by atoms with Crippen molar-refractivity contribution >= 4 is 11.8 Å². The van der Waals surface area contributed by atoms with E-state index in [1.807, 2.05) is 6.08 Å². The summed E-state index contributed by atoms with van der Waals surface area (Å²) in [6, 6.07) is 0. The Balaban J connectivity index is 1.62. The fourth-order valence-corrected chi connectivity index (χ4v) is 8.87. The van der Waals surface area contributed by atoms with Gasteiger partial charge in [0, 0.05) is 5.41 Å². The predicted molar refractivity (Wildman–Crippen MR) is 131 cm³/mol. The molecule has 0 amide bonds. The minimum absolute atomic E-state index is 0.0412. The van der Waals surface area contributed by atoms with Crippen molar-refractivity contribution in [3.63, 3.8) is 0 Å². The molecule has 3 saturated carbocycles. The summed E-state index contributed by atoms with van der Waals surface area (Å²) in [6.07, 6.45) is 15.8. The molecule has 0 aromatic heterocycles. The summed E-state index contributed by atoms with van der Waals surface area (Å²) in [4.78, 5) is 25.3. The number of ketones is 1. The van der Waals surface area contributed by atoms with Crippen LogP contribution >= 0.6 is 0 Å². The number of hydrogen-bond donors (Lipinski definition) is 0. The molecule has 0 aromatic rings. The lowest BCUT2D eigenvalue weighted by Crippen LogP contribution is -2.62. The lowest BCUT2D eigenvalue weighted by Gasteiger charge is -2.70. The largest absolute Gasteiger partial charge is 0.469 e. The number of ether oxygens (including phenoxy) is 1. The molecule has 3 nitrogen and oxygen atoms in total. The summed E-state index contributed by atoms with van der Waals surface area (Å²) >= 11 is 0. The van der Waals surface area contributed by atoms with Crippen molar-refractivity contribution in [3.8, 4) is 0 Å². The van der Waals surface area contributed by atoms with E-state index in [0.29, 0.717) is 5.92 Å². The average Bonchev–Trinajstić information content (AvgIpc) is 2.76. The maximum atomic E-state index is 12.8. The van der Waals surface area contributed by atoms with E-state index in [0.717, 1.165) is 37.7 Å². The molecular formula is C30H40O3. The summed E-state index contributed by atoms with van der Waals surface area (Å²) in [5.41, 5.74) is 4.99. The third-order valence-corrected chi connectivity index (χ3v) is 11.4. The Morgan fingerprint density at radius 3 is 2.33 bits per heavy atom. The van der Waals surface area contributed by atoms with E-state index in [9.17, 15) is 9.59 Å². The van der Waals surface area contributed by atoms with Crippen LogP contribution in [0.2, 0.25) is 0 Å². The SMILES string of the molecule is COC(=O)[C@]1(C)CC[C@]2(C)CC[C@]3(C)C4=CC=C5C(C)=CC(=O)C=C5[C@]4(C)CC[C@@]3(C)[C@@H]2C1. The Morgan fingerprint density at radius 2 is 1.64 bits per heavy atom. The summed E-state index contributed by atoms with van der Waals surface area (Å²) in [7, 11) is 1.53. The van der Waals surface area contributed by atoms with Crippen LogP contribution in [-0.4, -0.2) is 18.9 Å². The monoisotopic (exact) mass is 448 g/mol. The first-order valence-electron chi connectivity index (χ1n) is 12.8. The molecule has 3 heteroatoms. The van der Waals surface area contributed by atoms with Gasteiger partial charge in [-0.1, -0.05) is 45.4 Å². The highest BCUT2D eigenvalue weighted by molar-refractivity contribution is 6.04. The molecule has 0 spiro atoms. The first-order valence-corrected chi connectivity index (χ1v) is 12.8. The molecule has 0 N–H and O–H groups in total. The van der Waals surface area contributed by atoms with E-state index >= 15 is 0 Å². The van der Waals surface area contributed by atoms with E-state index in [1.165, 1.54) is 36.7 Å². The molecule has 0 radical (unpaired) electrons. The molecule has 3 fully saturated rings. The van der Waals surface area contributed by atoms with E-state index in [2.05, 4.69) is 53.7 Å². The molecule has 6 atom stereocenters. The molecule has 0 saturated heterocycles. The Morgan fingerprint density at radius 1 is 0.939 bits per heavy atom. The average molecular weight is 449 g/mol. The zero-order valence-electron chi connectivity index (χ0n) is 21.6. The first kappa shape index (κ1) is 22.9. The zero-order valence-corrected chi connectivity index (χ0v) is 21.6. The van der Waals surface area contributed by atoms with Crippen LogP contribution in [0.15, 0.2) is 46.6 Å². The van der Waals surface area contributed by atoms with Crippen LogP contribution in [0.4, 0.5) is 0 Å². The van der Waals surface area contributed by atoms with Crippen LogP contribution in [0.25, 0.3) is 0 Å². The highest BCUT2D eigenvalue weighted by atomic mass is 16.5. The maximum Gasteiger partial charge on any atom is 0.311 e. The number of rotatable bonds is 1. The minimum atomic E-state index is -0.394. The molecule has 5 aliphatic carbocycles. The molecule has 178 valence electrons. The molecule has 0 heterocycles. The van der Waals surface area contributed by atoms with Crippen LogP contribution in [0.3, 0.4) is 0 Å². The highest BCUT2D eigenvalue weighted by Crippen LogP contribution is 2.75. The number of fused-ring (bicyclic) bond motifs is 7. The lowest BCUT2D eigenvalue weighted by molar-refractivity contribution is -0.180. The topological polar surface area (TPSA) is 43.4 Å². The fourth-order valence-electron chi connectivity index (χ4n) is 8.87. The van der Waals surface area contributed by atoms with Crippen LogP contribution < -0.4 is 0 Å². The number of esters is 1. The normalized spacial score (nSPS) is 46.4. The van der Waals surface area contributed by atoms with Crippen LogP contribution in [-0.2, 0) is 14.3 Å². The smallest absolute Gasteiger partial charge is 0.311 e. The number of carbonyl (C=O) groups excluding carboxylic acids is 2. The van der Waals surface area contributed by atoms with Crippen molar-refractivity contribution in [2.24, 2.45) is 33.0 Å². The molecule has 0 aliphatic heterocycles. The van der Waals surface area contributed by atoms with Crippen LogP contribution in [0, 0.1) is 33.0 Å². The number of allylic oxidation sites excluding steroid dienone is 8. The molecule has 5 aliphatic rings. The Kier molecular flexibility index (Phi) is 4.73. The van der Waals surface area contributed by atoms with E-state index in [1.54, 1.807) is 6.08 Å². The quantitative estimate of drug-likeness (QED) is 0.410. The molecule has 5 rings (SSSR count). The third kappa shape index (κ3) is 2.80. The highest BCUT2D eigenvalue weighted by Gasteiger charge is 2.67. The van der Waals surface area contributed by atoms with Gasteiger partial charge < -0.3 is 4.74 Å². The van der Waals surface area contributed by atoms with Gasteiger partial charge in [0.2, 0.25) is 0 Å². The van der Waals surface area contributed by atoms with Gasteiger partial charge in [0.05, 0.1) is 12.5 Å². The van der Waals surface area contributed by atoms with Gasteiger partial charge in [0.1, 0.15) is 0 Å². The molecule has 0 unspecified atom stereocenters. The van der Waals surface area contributed by atoms with Crippen molar-refractivity contribution in [1.29, 1.82) is 0 Å². The summed E-state index contributed by atoms with van der Waals surface area (Å²) < 4.78 is 5.28. The lowest BCUT2D eigenvalue weighted by atomic mass is 9.34. The second-order valence-electron chi connectivity index (χ2n) is 13.0. The molecule has 33 heavy (non-hydrogen) atoms. The second-order valence-corrected chi connectivity index (χ2v) is 13.0. The van der Waals surface area contributed by atoms with Gasteiger partial charge >= 0.3 is 5.97 Å². The standard InChI is InChI=1S/C30H40O3/c1-19-16-20(31)17-22-21(19)8-9-23-28(22,4)13-15-30(6)24-18-27(3,25(32)33-7)11-10-26(24,2)12-14-29(23,30)5/h8-9,16-17,24H,10-15,18H2,1-7H3/t24-,26-,27-,28+,29-,30+/m1/s1. The van der Waals surface area contributed by atoms with Gasteiger partial charge in [-0.2, -0.15) is 0 Å². The Bertz CT molecular complexity index is 1070. The van der Waals surface area contributed by atoms with Gasteiger partial charge in [0.15, 0.2) is 5.78 Å². The summed E-state index contributed by atoms with van der Waals surface area (Å²) in [5.74, 6) is 0.553. The van der Waals surface area contributed by atoms with E-state index in [-0.39, 0.29) is 33.4 Å². The van der Waals surface area contributed by atoms with Gasteiger partial charge in [-0.25, -0.2) is 0 Å². The van der Waals surface area contributed by atoms with Gasteiger partial charge in [0.25, 0.3) is 0 Å². The second kappa shape index (κ2) is 6.83. The van der Waals surface area contributed by atoms with Crippen molar-refractivity contribution in [1.82, 2.24) is 0 Å².